The van der Waals surface area contributed by atoms with Gasteiger partial charge in [0.2, 0.25) is 0 Å². The van der Waals surface area contributed by atoms with Crippen molar-refractivity contribution in [2.24, 2.45) is 0 Å². The van der Waals surface area contributed by atoms with E-state index < -0.39 is 11.6 Å². The molecule has 1 aliphatic heterocycles. The van der Waals surface area contributed by atoms with Gasteiger partial charge in [-0.3, -0.25) is 4.90 Å². The van der Waals surface area contributed by atoms with E-state index in [0.29, 0.717) is 37.4 Å². The van der Waals surface area contributed by atoms with Crippen LogP contribution >= 0.6 is 0 Å². The first-order chi connectivity index (χ1) is 14.0. The van der Waals surface area contributed by atoms with Crippen LogP contribution in [0, 0.1) is 11.6 Å². The van der Waals surface area contributed by atoms with Gasteiger partial charge >= 0.3 is 12.1 Å². The van der Waals surface area contributed by atoms with Crippen molar-refractivity contribution in [1.29, 1.82) is 0 Å². The molecular formula is C21H22F2N4O2. The molecule has 3 rings (SSSR count). The van der Waals surface area contributed by atoms with E-state index in [9.17, 15) is 18.4 Å². The molecule has 0 bridgehead atoms. The van der Waals surface area contributed by atoms with Gasteiger partial charge in [0.1, 0.15) is 11.6 Å². The van der Waals surface area contributed by atoms with Gasteiger partial charge in [0.15, 0.2) is 0 Å². The quantitative estimate of drug-likeness (QED) is 0.717. The number of urea groups is 2. The Hall–Kier alpha value is -3.42. The Morgan fingerprint density at radius 3 is 2.79 bits per heavy atom. The summed E-state index contributed by atoms with van der Waals surface area (Å²) in [5.74, 6) is -1.09. The molecule has 8 heteroatoms. The van der Waals surface area contributed by atoms with E-state index in [1.807, 2.05) is 0 Å². The molecule has 2 N–H and O–H groups in total. The van der Waals surface area contributed by atoms with Gasteiger partial charge in [0, 0.05) is 36.6 Å². The molecule has 0 aliphatic carbocycles. The van der Waals surface area contributed by atoms with Crippen molar-refractivity contribution in [3.05, 3.63) is 72.3 Å². The van der Waals surface area contributed by atoms with Crippen molar-refractivity contribution in [3.8, 4) is 0 Å². The summed E-state index contributed by atoms with van der Waals surface area (Å²) in [7, 11) is 0. The van der Waals surface area contributed by atoms with E-state index >= 15 is 0 Å². The molecule has 2 aromatic carbocycles. The van der Waals surface area contributed by atoms with Crippen molar-refractivity contribution in [2.75, 3.05) is 29.9 Å². The van der Waals surface area contributed by atoms with Gasteiger partial charge in [-0.1, -0.05) is 12.1 Å². The zero-order chi connectivity index (χ0) is 20.8. The van der Waals surface area contributed by atoms with Gasteiger partial charge in [0.05, 0.1) is 6.54 Å². The highest BCUT2D eigenvalue weighted by atomic mass is 19.1. The van der Waals surface area contributed by atoms with E-state index in [0.717, 1.165) is 18.2 Å². The van der Waals surface area contributed by atoms with E-state index in [-0.39, 0.29) is 24.2 Å². The lowest BCUT2D eigenvalue weighted by atomic mass is 10.1. The molecule has 4 amide bonds. The number of amides is 4. The van der Waals surface area contributed by atoms with Crippen LogP contribution in [0.15, 0.2) is 55.1 Å². The molecule has 0 aromatic heterocycles. The number of benzene rings is 2. The summed E-state index contributed by atoms with van der Waals surface area (Å²) in [5, 5.41) is 5.30. The zero-order valence-electron chi connectivity index (χ0n) is 15.8. The number of nitrogens with one attached hydrogen (secondary N) is 2. The molecule has 1 heterocycles. The highest BCUT2D eigenvalue weighted by Crippen LogP contribution is 2.25. The first-order valence-corrected chi connectivity index (χ1v) is 9.24. The standard InChI is InChI=1S/C21H22F2N4O2/c1-2-9-24-20(28)25-17-5-3-6-18(13-17)27-11-4-10-26(21(27)29)14-15-12-16(22)7-8-19(15)23/h2-3,5-8,12-13H,1,4,9-11,14H2,(H2,24,25,28). The predicted molar refractivity (Wildman–Crippen MR) is 108 cm³/mol. The number of halogens is 2. The molecule has 0 unspecified atom stereocenters. The number of rotatable bonds is 6. The number of hydrogen-bond acceptors (Lipinski definition) is 2. The molecule has 0 spiro atoms. The lowest BCUT2D eigenvalue weighted by Crippen LogP contribution is -2.49. The van der Waals surface area contributed by atoms with Crippen LogP contribution in [0.5, 0.6) is 0 Å². The van der Waals surface area contributed by atoms with Crippen LogP contribution in [0.25, 0.3) is 0 Å². The second-order valence-corrected chi connectivity index (χ2v) is 6.62. The average molecular weight is 400 g/mol. The fourth-order valence-corrected chi connectivity index (χ4v) is 3.13. The molecule has 29 heavy (non-hydrogen) atoms. The maximum Gasteiger partial charge on any atom is 0.324 e. The van der Waals surface area contributed by atoms with Crippen LogP contribution in [0.1, 0.15) is 12.0 Å². The number of carbonyl (C=O) groups excluding carboxylic acids is 2. The van der Waals surface area contributed by atoms with Gasteiger partial charge < -0.3 is 15.5 Å². The topological polar surface area (TPSA) is 64.7 Å². The monoisotopic (exact) mass is 400 g/mol. The van der Waals surface area contributed by atoms with Crippen molar-refractivity contribution in [3.63, 3.8) is 0 Å². The second kappa shape index (κ2) is 9.18. The van der Waals surface area contributed by atoms with Crippen LogP contribution in [0.3, 0.4) is 0 Å². The molecule has 1 aliphatic rings. The summed E-state index contributed by atoms with van der Waals surface area (Å²) in [6.07, 6.45) is 2.25. The molecule has 0 atom stereocenters. The summed E-state index contributed by atoms with van der Waals surface area (Å²) in [6.45, 7) is 4.80. The minimum atomic E-state index is -0.548. The second-order valence-electron chi connectivity index (χ2n) is 6.62. The lowest BCUT2D eigenvalue weighted by molar-refractivity contribution is 0.191. The van der Waals surface area contributed by atoms with E-state index in [1.54, 1.807) is 35.2 Å². The van der Waals surface area contributed by atoms with Crippen LogP contribution in [0.4, 0.5) is 29.7 Å². The molecule has 2 aromatic rings. The van der Waals surface area contributed by atoms with Crippen LogP contribution in [-0.2, 0) is 6.54 Å². The van der Waals surface area contributed by atoms with Crippen molar-refractivity contribution >= 4 is 23.4 Å². The maximum absolute atomic E-state index is 14.0. The van der Waals surface area contributed by atoms with Gasteiger partial charge in [0.25, 0.3) is 0 Å². The van der Waals surface area contributed by atoms with Gasteiger partial charge in [-0.05, 0) is 42.8 Å². The van der Waals surface area contributed by atoms with Gasteiger partial charge in [-0.25, -0.2) is 18.4 Å². The molecule has 152 valence electrons. The maximum atomic E-state index is 14.0. The molecule has 6 nitrogen and oxygen atoms in total. The van der Waals surface area contributed by atoms with Crippen LogP contribution < -0.4 is 15.5 Å². The third-order valence-electron chi connectivity index (χ3n) is 4.50. The van der Waals surface area contributed by atoms with Crippen LogP contribution in [0.2, 0.25) is 0 Å². The van der Waals surface area contributed by atoms with E-state index in [4.69, 9.17) is 0 Å². The van der Waals surface area contributed by atoms with Gasteiger partial charge in [-0.2, -0.15) is 0 Å². The minimum absolute atomic E-state index is 0.0131. The average Bonchev–Trinajstić information content (AvgIpc) is 2.71. The summed E-state index contributed by atoms with van der Waals surface area (Å²) >= 11 is 0. The molecule has 0 saturated carbocycles. The number of anilines is 2. The normalized spacial score (nSPS) is 13.9. The summed E-state index contributed by atoms with van der Waals surface area (Å²) in [6, 6.07) is 9.43. The van der Waals surface area contributed by atoms with E-state index in [2.05, 4.69) is 17.2 Å². The Morgan fingerprint density at radius 2 is 2.00 bits per heavy atom. The van der Waals surface area contributed by atoms with Gasteiger partial charge in [-0.15, -0.1) is 6.58 Å². The van der Waals surface area contributed by atoms with E-state index in [1.165, 1.54) is 4.90 Å². The summed E-state index contributed by atoms with van der Waals surface area (Å²) in [4.78, 5) is 27.8. The molecule has 1 saturated heterocycles. The fraction of sp³-hybridized carbons (Fsp3) is 0.238. The Balaban J connectivity index is 1.73. The third kappa shape index (κ3) is 5.10. The first-order valence-electron chi connectivity index (χ1n) is 9.24. The van der Waals surface area contributed by atoms with Crippen molar-refractivity contribution in [2.45, 2.75) is 13.0 Å². The largest absolute Gasteiger partial charge is 0.334 e. The Labute approximate surface area is 167 Å². The zero-order valence-corrected chi connectivity index (χ0v) is 15.8. The number of carbonyl (C=O) groups is 2. The first kappa shape index (κ1) is 20.3. The Kier molecular flexibility index (Phi) is 6.43. The number of nitrogens with zero attached hydrogens (tertiary/aromatic N) is 2. The molecule has 1 fully saturated rings. The fourth-order valence-electron chi connectivity index (χ4n) is 3.13. The van der Waals surface area contributed by atoms with Crippen LogP contribution in [-0.4, -0.2) is 36.6 Å². The summed E-state index contributed by atoms with van der Waals surface area (Å²) in [5.41, 5.74) is 1.28. The third-order valence-corrected chi connectivity index (χ3v) is 4.50. The lowest BCUT2D eigenvalue weighted by Gasteiger charge is -2.36. The Morgan fingerprint density at radius 1 is 1.17 bits per heavy atom. The highest BCUT2D eigenvalue weighted by Gasteiger charge is 2.27. The highest BCUT2D eigenvalue weighted by molar-refractivity contribution is 5.95. The molecular weight excluding hydrogens is 378 g/mol. The Bertz CT molecular complexity index is 919. The predicted octanol–water partition coefficient (Wildman–Crippen LogP) is 4.10. The number of hydrogen-bond donors (Lipinski definition) is 2. The minimum Gasteiger partial charge on any atom is -0.334 e. The van der Waals surface area contributed by atoms with Crippen molar-refractivity contribution < 1.29 is 18.4 Å². The smallest absolute Gasteiger partial charge is 0.324 e. The summed E-state index contributed by atoms with van der Waals surface area (Å²) < 4.78 is 27.4. The van der Waals surface area contributed by atoms with Crippen molar-refractivity contribution in [1.82, 2.24) is 10.2 Å². The molecule has 0 radical (unpaired) electrons. The SMILES string of the molecule is C=CCNC(=O)Nc1cccc(N2CCCN(Cc3cc(F)ccc3F)C2=O)c1.